The Balaban J connectivity index is 1.71. The highest BCUT2D eigenvalue weighted by molar-refractivity contribution is 6.77. The number of halogens is 1. The number of aromatic nitrogens is 2. The highest BCUT2D eigenvalue weighted by Gasteiger charge is 2.29. The molecule has 4 nitrogen and oxygen atoms in total. The smallest absolute Gasteiger partial charge is 0.267 e. The van der Waals surface area contributed by atoms with Gasteiger partial charge in [-0.25, -0.2) is 0 Å². The number of fused-ring (bicyclic) bond motifs is 1. The van der Waals surface area contributed by atoms with Crippen LogP contribution in [0.2, 0.25) is 30.2 Å². The van der Waals surface area contributed by atoms with E-state index < -0.39 is 8.07 Å². The molecule has 1 fully saturated rings. The number of hydrogen-bond acceptors (Lipinski definition) is 2. The van der Waals surface area contributed by atoms with Gasteiger partial charge in [-0.3, -0.25) is 9.78 Å². The average molecular weight is 322 g/mol. The van der Waals surface area contributed by atoms with Crippen LogP contribution in [0.15, 0.2) is 18.5 Å². The Labute approximate surface area is 130 Å². The molecule has 0 bridgehead atoms. The minimum absolute atomic E-state index is 0.0476. The van der Waals surface area contributed by atoms with Crippen LogP contribution in [-0.2, 0) is 0 Å². The van der Waals surface area contributed by atoms with Crippen molar-refractivity contribution in [3.8, 4) is 0 Å². The molecule has 1 saturated heterocycles. The number of pyridine rings is 1. The number of hydrogen-bond donors (Lipinski definition) is 2. The minimum Gasteiger partial charge on any atom is -0.349 e. The number of carbonyl (C=O) groups excluding carboxylic acids is 1. The first kappa shape index (κ1) is 14.6. The van der Waals surface area contributed by atoms with E-state index in [9.17, 15) is 4.79 Å². The number of nitrogens with zero attached hydrogens (tertiary/aromatic N) is 1. The van der Waals surface area contributed by atoms with Gasteiger partial charge in [0.05, 0.1) is 16.7 Å². The summed E-state index contributed by atoms with van der Waals surface area (Å²) in [5.74, 6) is -0.0476. The quantitative estimate of drug-likeness (QED) is 0.826. The summed E-state index contributed by atoms with van der Waals surface area (Å²) in [6.07, 6.45) is 5.49. The average Bonchev–Trinajstić information content (AvgIpc) is 2.87. The summed E-state index contributed by atoms with van der Waals surface area (Å²) >= 11 is 6.09. The zero-order valence-corrected chi connectivity index (χ0v) is 14.1. The lowest BCUT2D eigenvalue weighted by molar-refractivity contribution is 0.0929. The van der Waals surface area contributed by atoms with E-state index in [1.807, 2.05) is 0 Å². The van der Waals surface area contributed by atoms with Gasteiger partial charge >= 0.3 is 0 Å². The first-order valence-corrected chi connectivity index (χ1v) is 11.2. The molecule has 2 N–H and O–H groups in total. The van der Waals surface area contributed by atoms with E-state index in [1.165, 1.54) is 12.1 Å². The van der Waals surface area contributed by atoms with Crippen molar-refractivity contribution in [3.05, 3.63) is 29.2 Å². The van der Waals surface area contributed by atoms with Crippen molar-refractivity contribution in [2.24, 2.45) is 0 Å². The first-order chi connectivity index (χ1) is 9.94. The molecule has 0 radical (unpaired) electrons. The Bertz CT molecular complexity index is 673. The maximum atomic E-state index is 12.4. The summed E-state index contributed by atoms with van der Waals surface area (Å²) in [6, 6.07) is 4.69. The highest BCUT2D eigenvalue weighted by Crippen LogP contribution is 2.28. The predicted octanol–water partition coefficient (Wildman–Crippen LogP) is 3.82. The molecule has 2 aromatic heterocycles. The van der Waals surface area contributed by atoms with Crippen molar-refractivity contribution in [1.29, 1.82) is 0 Å². The van der Waals surface area contributed by atoms with Crippen molar-refractivity contribution in [2.75, 3.05) is 0 Å². The summed E-state index contributed by atoms with van der Waals surface area (Å²) in [6.45, 7) is 4.86. The molecule has 0 atom stereocenters. The molecule has 0 aromatic carbocycles. The molecule has 1 amide bonds. The second kappa shape index (κ2) is 5.46. The van der Waals surface area contributed by atoms with Crippen LogP contribution in [0.3, 0.4) is 0 Å². The number of nitrogens with one attached hydrogen (secondary N) is 2. The number of rotatable bonds is 2. The van der Waals surface area contributed by atoms with Crippen LogP contribution in [0, 0.1) is 0 Å². The van der Waals surface area contributed by atoms with E-state index in [4.69, 9.17) is 11.6 Å². The first-order valence-electron chi connectivity index (χ1n) is 7.38. The fourth-order valence-corrected chi connectivity index (χ4v) is 5.67. The third-order valence-electron chi connectivity index (χ3n) is 4.42. The Morgan fingerprint density at radius 3 is 2.76 bits per heavy atom. The van der Waals surface area contributed by atoms with Crippen LogP contribution in [0.1, 0.15) is 23.3 Å². The van der Waals surface area contributed by atoms with Crippen molar-refractivity contribution in [3.63, 3.8) is 0 Å². The number of carbonyl (C=O) groups is 1. The molecule has 3 rings (SSSR count). The maximum absolute atomic E-state index is 12.4. The van der Waals surface area contributed by atoms with E-state index in [0.29, 0.717) is 16.8 Å². The van der Waals surface area contributed by atoms with E-state index in [0.717, 1.165) is 23.7 Å². The third-order valence-corrected chi connectivity index (χ3v) is 8.00. The van der Waals surface area contributed by atoms with Gasteiger partial charge in [-0.2, -0.15) is 0 Å². The Kier molecular flexibility index (Phi) is 3.80. The van der Waals surface area contributed by atoms with Gasteiger partial charge in [-0.1, -0.05) is 36.8 Å². The third kappa shape index (κ3) is 3.14. The molecule has 21 heavy (non-hydrogen) atoms. The Morgan fingerprint density at radius 1 is 1.38 bits per heavy atom. The number of amides is 1. The van der Waals surface area contributed by atoms with Gasteiger partial charge in [0.2, 0.25) is 0 Å². The SMILES string of the molecule is C[Si]1(C)CCC(NC(=O)c2cc3c(Cl)cncc3[nH]2)CC1. The van der Waals surface area contributed by atoms with Crippen LogP contribution < -0.4 is 5.32 Å². The van der Waals surface area contributed by atoms with Gasteiger partial charge in [0.1, 0.15) is 5.69 Å². The van der Waals surface area contributed by atoms with E-state index in [1.54, 1.807) is 18.5 Å². The highest BCUT2D eigenvalue weighted by atomic mass is 35.5. The lowest BCUT2D eigenvalue weighted by Crippen LogP contribution is -2.42. The van der Waals surface area contributed by atoms with Crippen LogP contribution >= 0.6 is 11.6 Å². The normalized spacial score (nSPS) is 18.8. The molecule has 1 aliphatic rings. The van der Waals surface area contributed by atoms with Gasteiger partial charge in [-0.15, -0.1) is 0 Å². The molecule has 0 saturated carbocycles. The predicted molar refractivity (Wildman–Crippen MR) is 88.7 cm³/mol. The lowest BCUT2D eigenvalue weighted by atomic mass is 10.1. The summed E-state index contributed by atoms with van der Waals surface area (Å²) in [5, 5.41) is 4.55. The van der Waals surface area contributed by atoms with E-state index in [-0.39, 0.29) is 5.91 Å². The molecule has 6 heteroatoms. The zero-order valence-electron chi connectivity index (χ0n) is 12.4. The monoisotopic (exact) mass is 321 g/mol. The van der Waals surface area contributed by atoms with Gasteiger partial charge in [0.15, 0.2) is 0 Å². The molecule has 1 aliphatic heterocycles. The largest absolute Gasteiger partial charge is 0.349 e. The summed E-state index contributed by atoms with van der Waals surface area (Å²) < 4.78 is 0. The van der Waals surface area contributed by atoms with Crippen molar-refractivity contribution in [1.82, 2.24) is 15.3 Å². The fourth-order valence-electron chi connectivity index (χ4n) is 2.95. The maximum Gasteiger partial charge on any atom is 0.267 e. The minimum atomic E-state index is -0.981. The van der Waals surface area contributed by atoms with Gasteiger partial charge in [0.25, 0.3) is 5.91 Å². The second-order valence-corrected chi connectivity index (χ2v) is 12.4. The number of H-pyrrole nitrogens is 1. The van der Waals surface area contributed by atoms with Crippen molar-refractivity contribution in [2.45, 2.75) is 44.1 Å². The molecule has 0 aliphatic carbocycles. The summed E-state index contributed by atoms with van der Waals surface area (Å²) in [4.78, 5) is 19.5. The Hall–Kier alpha value is -1.33. The van der Waals surface area contributed by atoms with Gasteiger partial charge in [0, 0.05) is 25.7 Å². The topological polar surface area (TPSA) is 57.8 Å². The van der Waals surface area contributed by atoms with Gasteiger partial charge in [-0.05, 0) is 18.9 Å². The van der Waals surface area contributed by atoms with Crippen LogP contribution in [0.25, 0.3) is 10.9 Å². The lowest BCUT2D eigenvalue weighted by Gasteiger charge is -2.33. The van der Waals surface area contributed by atoms with Crippen molar-refractivity contribution >= 4 is 36.5 Å². The molecule has 0 unspecified atom stereocenters. The summed E-state index contributed by atoms with van der Waals surface area (Å²) in [5.41, 5.74) is 1.35. The molecule has 3 heterocycles. The number of aromatic amines is 1. The van der Waals surface area contributed by atoms with Crippen LogP contribution in [-0.4, -0.2) is 30.0 Å². The molecular weight excluding hydrogens is 302 g/mol. The van der Waals surface area contributed by atoms with Crippen LogP contribution in [0.5, 0.6) is 0 Å². The van der Waals surface area contributed by atoms with Crippen molar-refractivity contribution < 1.29 is 4.79 Å². The molecular formula is C15H20ClN3OSi. The second-order valence-electron chi connectivity index (χ2n) is 6.68. The van der Waals surface area contributed by atoms with E-state index >= 15 is 0 Å². The molecule has 2 aromatic rings. The van der Waals surface area contributed by atoms with Crippen LogP contribution in [0.4, 0.5) is 0 Å². The zero-order chi connectivity index (χ0) is 15.0. The summed E-state index contributed by atoms with van der Waals surface area (Å²) in [7, 11) is -0.981. The van der Waals surface area contributed by atoms with E-state index in [2.05, 4.69) is 28.4 Å². The molecule has 0 spiro atoms. The molecule has 112 valence electrons. The van der Waals surface area contributed by atoms with Gasteiger partial charge < -0.3 is 10.3 Å². The Morgan fingerprint density at radius 2 is 2.10 bits per heavy atom. The standard InChI is InChI=1S/C15H20ClN3OSi/c1-21(2)5-3-10(4-6-21)18-15(20)13-7-11-12(16)8-17-9-14(11)19-13/h7-10,19H,3-6H2,1-2H3,(H,18,20). The fraction of sp³-hybridized carbons (Fsp3) is 0.467.